The molecule has 0 unspecified atom stereocenters. The second-order valence-electron chi connectivity index (χ2n) is 7.36. The Hall–Kier alpha value is -3.96. The molecule has 0 radical (unpaired) electrons. The Morgan fingerprint density at radius 3 is 2.72 bits per heavy atom. The second-order valence-corrected chi connectivity index (χ2v) is 7.36. The maximum Gasteiger partial charge on any atom is 0.332 e. The van der Waals surface area contributed by atoms with Gasteiger partial charge in [0.05, 0.1) is 19.1 Å². The van der Waals surface area contributed by atoms with Gasteiger partial charge in [0.2, 0.25) is 11.8 Å². The number of carbonyl (C=O) groups excluding carboxylic acids is 1. The van der Waals surface area contributed by atoms with Crippen LogP contribution in [0.15, 0.2) is 43.1 Å². The summed E-state index contributed by atoms with van der Waals surface area (Å²) in [6.45, 7) is 2.89. The smallest absolute Gasteiger partial charge is 0.332 e. The first-order valence-corrected chi connectivity index (χ1v) is 10.2. The largest absolute Gasteiger partial charge is 0.459 e. The highest BCUT2D eigenvalue weighted by atomic mass is 16.4. The first-order chi connectivity index (χ1) is 15.4. The third kappa shape index (κ3) is 3.86. The number of amides is 1. The molecule has 4 heterocycles. The van der Waals surface area contributed by atoms with Crippen molar-refractivity contribution < 1.29 is 13.6 Å². The zero-order valence-corrected chi connectivity index (χ0v) is 18.0. The van der Waals surface area contributed by atoms with Gasteiger partial charge in [-0.25, -0.2) is 9.78 Å². The molecule has 0 aliphatic rings. The summed E-state index contributed by atoms with van der Waals surface area (Å²) in [6.07, 6.45) is 3.87. The van der Waals surface area contributed by atoms with Crippen LogP contribution in [0.2, 0.25) is 0 Å². The molecule has 4 aromatic rings. The number of hydrogen-bond acceptors (Lipinski definition) is 8. The van der Waals surface area contributed by atoms with Gasteiger partial charge in [-0.15, -0.1) is 10.2 Å². The van der Waals surface area contributed by atoms with Gasteiger partial charge < -0.3 is 18.3 Å². The molecule has 32 heavy (non-hydrogen) atoms. The highest BCUT2D eigenvalue weighted by Gasteiger charge is 2.20. The molecule has 0 atom stereocenters. The SMILES string of the molecule is CCCN(Cc1nnc(-c2ccco2)o1)C(=O)CCn1cnc2c1c(=O)n(C)c(=O)n2C. The lowest BCUT2D eigenvalue weighted by Crippen LogP contribution is -2.37. The molecule has 168 valence electrons. The van der Waals surface area contributed by atoms with Crippen molar-refractivity contribution in [3.63, 3.8) is 0 Å². The Labute approximate surface area is 181 Å². The lowest BCUT2D eigenvalue weighted by atomic mass is 10.3. The van der Waals surface area contributed by atoms with Gasteiger partial charge in [-0.1, -0.05) is 6.92 Å². The van der Waals surface area contributed by atoms with Crippen molar-refractivity contribution in [3.8, 4) is 11.7 Å². The Bertz CT molecular complexity index is 1360. The molecule has 0 bridgehead atoms. The van der Waals surface area contributed by atoms with E-state index in [9.17, 15) is 14.4 Å². The number of imidazole rings is 1. The van der Waals surface area contributed by atoms with E-state index in [2.05, 4.69) is 15.2 Å². The van der Waals surface area contributed by atoms with Gasteiger partial charge in [0.1, 0.15) is 0 Å². The van der Waals surface area contributed by atoms with Gasteiger partial charge in [-0.2, -0.15) is 0 Å². The number of furan rings is 1. The zero-order chi connectivity index (χ0) is 22.8. The van der Waals surface area contributed by atoms with Crippen LogP contribution >= 0.6 is 0 Å². The van der Waals surface area contributed by atoms with Crippen LogP contribution in [0.4, 0.5) is 0 Å². The van der Waals surface area contributed by atoms with E-state index >= 15 is 0 Å². The van der Waals surface area contributed by atoms with E-state index < -0.39 is 11.2 Å². The Morgan fingerprint density at radius 2 is 2.00 bits per heavy atom. The molecular weight excluding hydrogens is 418 g/mol. The molecule has 1 amide bonds. The van der Waals surface area contributed by atoms with E-state index in [0.717, 1.165) is 11.0 Å². The highest BCUT2D eigenvalue weighted by Crippen LogP contribution is 2.19. The average Bonchev–Trinajstić information content (AvgIpc) is 3.54. The predicted octanol–water partition coefficient (Wildman–Crippen LogP) is 0.906. The van der Waals surface area contributed by atoms with Crippen LogP contribution in [0, 0.1) is 0 Å². The minimum Gasteiger partial charge on any atom is -0.459 e. The molecule has 0 aliphatic carbocycles. The van der Waals surface area contributed by atoms with Crippen LogP contribution < -0.4 is 11.2 Å². The van der Waals surface area contributed by atoms with Crippen molar-refractivity contribution in [2.45, 2.75) is 32.9 Å². The van der Waals surface area contributed by atoms with Gasteiger partial charge in [0.15, 0.2) is 16.9 Å². The molecule has 0 aromatic carbocycles. The Balaban J connectivity index is 1.49. The maximum absolute atomic E-state index is 12.9. The fourth-order valence-corrected chi connectivity index (χ4v) is 3.48. The van der Waals surface area contributed by atoms with E-state index in [-0.39, 0.29) is 42.5 Å². The Kier molecular flexibility index (Phi) is 5.75. The lowest BCUT2D eigenvalue weighted by Gasteiger charge is -2.20. The van der Waals surface area contributed by atoms with Gasteiger partial charge in [0, 0.05) is 33.6 Å². The predicted molar refractivity (Wildman–Crippen MR) is 113 cm³/mol. The summed E-state index contributed by atoms with van der Waals surface area (Å²) in [7, 11) is 2.97. The van der Waals surface area contributed by atoms with Crippen molar-refractivity contribution >= 4 is 17.1 Å². The third-order valence-corrected chi connectivity index (χ3v) is 5.15. The van der Waals surface area contributed by atoms with Crippen molar-refractivity contribution in [1.29, 1.82) is 0 Å². The number of nitrogens with zero attached hydrogens (tertiary/aromatic N) is 7. The summed E-state index contributed by atoms with van der Waals surface area (Å²) >= 11 is 0. The molecule has 12 heteroatoms. The molecule has 4 rings (SSSR count). The molecular formula is C20H23N7O5. The minimum absolute atomic E-state index is 0.131. The zero-order valence-electron chi connectivity index (χ0n) is 18.0. The van der Waals surface area contributed by atoms with Crippen LogP contribution in [0.25, 0.3) is 22.8 Å². The minimum atomic E-state index is -0.452. The van der Waals surface area contributed by atoms with Gasteiger partial charge >= 0.3 is 5.69 Å². The number of rotatable bonds is 8. The molecule has 4 aromatic heterocycles. The number of fused-ring (bicyclic) bond motifs is 1. The first-order valence-electron chi connectivity index (χ1n) is 10.2. The van der Waals surface area contributed by atoms with Crippen LogP contribution in [-0.4, -0.2) is 46.2 Å². The van der Waals surface area contributed by atoms with Crippen LogP contribution in [0.3, 0.4) is 0 Å². The van der Waals surface area contributed by atoms with E-state index in [0.29, 0.717) is 18.2 Å². The quantitative estimate of drug-likeness (QED) is 0.394. The van der Waals surface area contributed by atoms with Crippen LogP contribution in [0.5, 0.6) is 0 Å². The number of aryl methyl sites for hydroxylation is 2. The average molecular weight is 441 g/mol. The van der Waals surface area contributed by atoms with E-state index in [1.54, 1.807) is 28.6 Å². The van der Waals surface area contributed by atoms with Gasteiger partial charge in [-0.05, 0) is 18.6 Å². The summed E-state index contributed by atoms with van der Waals surface area (Å²) < 4.78 is 14.8. The van der Waals surface area contributed by atoms with Gasteiger partial charge in [0.25, 0.3) is 11.4 Å². The van der Waals surface area contributed by atoms with Crippen LogP contribution in [-0.2, 0) is 32.0 Å². The van der Waals surface area contributed by atoms with E-state index in [1.165, 1.54) is 24.2 Å². The third-order valence-electron chi connectivity index (χ3n) is 5.15. The molecule has 0 N–H and O–H groups in total. The normalized spacial score (nSPS) is 11.3. The topological polar surface area (TPSA) is 134 Å². The summed E-state index contributed by atoms with van der Waals surface area (Å²) in [5.74, 6) is 0.878. The fourth-order valence-electron chi connectivity index (χ4n) is 3.48. The number of hydrogen-bond donors (Lipinski definition) is 0. The lowest BCUT2D eigenvalue weighted by molar-refractivity contribution is -0.132. The molecule has 0 saturated carbocycles. The molecule has 0 aliphatic heterocycles. The molecule has 12 nitrogen and oxygen atoms in total. The number of carbonyl (C=O) groups is 1. The maximum atomic E-state index is 12.9. The van der Waals surface area contributed by atoms with Gasteiger partial charge in [-0.3, -0.25) is 18.7 Å². The Morgan fingerprint density at radius 1 is 1.19 bits per heavy atom. The monoisotopic (exact) mass is 441 g/mol. The van der Waals surface area contributed by atoms with Crippen LogP contribution in [0.1, 0.15) is 25.7 Å². The number of aromatic nitrogens is 6. The molecule has 0 saturated heterocycles. The molecule has 0 fully saturated rings. The summed E-state index contributed by atoms with van der Waals surface area (Å²) in [5.41, 5.74) is -0.335. The first kappa shape index (κ1) is 21.3. The molecule has 0 spiro atoms. The van der Waals surface area contributed by atoms with Crippen molar-refractivity contribution in [2.24, 2.45) is 14.1 Å². The van der Waals surface area contributed by atoms with E-state index in [1.807, 2.05) is 6.92 Å². The highest BCUT2D eigenvalue weighted by molar-refractivity contribution is 5.76. The standard InChI is InChI=1S/C20H23N7O5/c1-4-8-26(11-14-22-23-18(32-14)13-6-5-10-31-13)15(28)7-9-27-12-21-17-16(27)19(29)25(3)20(30)24(17)2/h5-6,10,12H,4,7-9,11H2,1-3H3. The second kappa shape index (κ2) is 8.65. The summed E-state index contributed by atoms with van der Waals surface area (Å²) in [4.78, 5) is 43.4. The van der Waals surface area contributed by atoms with Crippen molar-refractivity contribution in [3.05, 3.63) is 51.5 Å². The fraction of sp³-hybridized carbons (Fsp3) is 0.400. The van der Waals surface area contributed by atoms with Crippen molar-refractivity contribution in [2.75, 3.05) is 6.54 Å². The van der Waals surface area contributed by atoms with E-state index in [4.69, 9.17) is 8.83 Å². The van der Waals surface area contributed by atoms with Crippen molar-refractivity contribution in [1.82, 2.24) is 33.8 Å². The summed E-state index contributed by atoms with van der Waals surface area (Å²) in [5, 5.41) is 7.96. The summed E-state index contributed by atoms with van der Waals surface area (Å²) in [6, 6.07) is 3.43.